The average molecular weight is 582 g/mol. The summed E-state index contributed by atoms with van der Waals surface area (Å²) in [6.07, 6.45) is 2.11. The molecule has 10 heteroatoms. The lowest BCUT2D eigenvalue weighted by Gasteiger charge is -2.53. The van der Waals surface area contributed by atoms with Crippen molar-refractivity contribution in [3.63, 3.8) is 0 Å². The van der Waals surface area contributed by atoms with E-state index in [1.807, 2.05) is 37.3 Å². The quantitative estimate of drug-likeness (QED) is 0.358. The third-order valence-corrected chi connectivity index (χ3v) is 9.90. The van der Waals surface area contributed by atoms with Crippen molar-refractivity contribution in [1.82, 2.24) is 9.62 Å². The first kappa shape index (κ1) is 28.9. The van der Waals surface area contributed by atoms with Crippen LogP contribution in [0.25, 0.3) is 0 Å². The number of nitrogens with one attached hydrogen (secondary N) is 1. The zero-order valence-corrected chi connectivity index (χ0v) is 23.9. The van der Waals surface area contributed by atoms with Crippen LogP contribution in [0.15, 0.2) is 48.5 Å². The van der Waals surface area contributed by atoms with Gasteiger partial charge in [-0.1, -0.05) is 54.4 Å². The number of halogens is 2. The number of benzene rings is 2. The molecule has 2 fully saturated rings. The molecule has 7 nitrogen and oxygen atoms in total. The largest absolute Gasteiger partial charge is 0.481 e. The number of carbonyl (C=O) groups is 2. The second-order valence-electron chi connectivity index (χ2n) is 10.4. The molecule has 2 N–H and O–H groups in total. The number of aliphatic carboxylic acids is 1. The van der Waals surface area contributed by atoms with E-state index in [2.05, 4.69) is 4.72 Å². The van der Waals surface area contributed by atoms with Gasteiger partial charge in [-0.05, 0) is 73.9 Å². The molecule has 1 amide bonds. The van der Waals surface area contributed by atoms with Gasteiger partial charge < -0.3 is 10.0 Å². The Hall–Kier alpha value is -2.13. The first-order valence-corrected chi connectivity index (χ1v) is 15.4. The van der Waals surface area contributed by atoms with Crippen molar-refractivity contribution in [2.75, 3.05) is 12.3 Å². The Kier molecular flexibility index (Phi) is 8.77. The van der Waals surface area contributed by atoms with E-state index in [1.54, 1.807) is 30.0 Å². The van der Waals surface area contributed by atoms with Gasteiger partial charge in [0.1, 0.15) is 0 Å². The van der Waals surface area contributed by atoms with Crippen LogP contribution in [0.3, 0.4) is 0 Å². The molecule has 0 bridgehead atoms. The lowest BCUT2D eigenvalue weighted by molar-refractivity contribution is -0.162. The standard InChI is InChI=1S/C28H34Cl2N2O5S/c1-3-28(16-25(33)34)15-23(20-6-5-7-22(30)14-20)26(19-10-12-21(29)13-11-19)32(27(28)35)24(18-8-9-18)17-31-38(36,37)4-2/h5-7,10-14,18,23-24,26,31H,3-4,8-9,15-17H2,1-2H3,(H,33,34)/t23-,24?,26-,28-/m1/s1. The molecule has 38 heavy (non-hydrogen) atoms. The van der Waals surface area contributed by atoms with E-state index in [0.717, 1.165) is 24.0 Å². The molecule has 1 aliphatic heterocycles. The maximum atomic E-state index is 14.5. The average Bonchev–Trinajstić information content (AvgIpc) is 3.72. The van der Waals surface area contributed by atoms with E-state index in [0.29, 0.717) is 22.9 Å². The minimum absolute atomic E-state index is 0.0675. The Balaban J connectivity index is 1.91. The zero-order chi connectivity index (χ0) is 27.7. The first-order valence-electron chi connectivity index (χ1n) is 13.0. The summed E-state index contributed by atoms with van der Waals surface area (Å²) in [7, 11) is -3.51. The van der Waals surface area contributed by atoms with Gasteiger partial charge in [-0.3, -0.25) is 9.59 Å². The highest BCUT2D eigenvalue weighted by molar-refractivity contribution is 7.89. The number of carboxylic acid groups (broad SMARTS) is 1. The van der Waals surface area contributed by atoms with Crippen LogP contribution in [-0.4, -0.2) is 48.6 Å². The second kappa shape index (κ2) is 11.5. The van der Waals surface area contributed by atoms with Crippen LogP contribution >= 0.6 is 23.2 Å². The minimum atomic E-state index is -3.51. The van der Waals surface area contributed by atoms with Gasteiger partial charge >= 0.3 is 5.97 Å². The summed E-state index contributed by atoms with van der Waals surface area (Å²) in [5.74, 6) is -1.50. The third kappa shape index (κ3) is 6.19. The molecule has 0 radical (unpaired) electrons. The van der Waals surface area contributed by atoms with Crippen molar-refractivity contribution in [1.29, 1.82) is 0 Å². The van der Waals surface area contributed by atoms with E-state index < -0.39 is 33.5 Å². The van der Waals surface area contributed by atoms with Crippen molar-refractivity contribution in [2.45, 2.75) is 64.0 Å². The smallest absolute Gasteiger partial charge is 0.304 e. The predicted octanol–water partition coefficient (Wildman–Crippen LogP) is 5.64. The molecule has 2 aliphatic rings. The molecule has 4 atom stereocenters. The maximum Gasteiger partial charge on any atom is 0.304 e. The highest BCUT2D eigenvalue weighted by atomic mass is 35.5. The summed E-state index contributed by atoms with van der Waals surface area (Å²) < 4.78 is 27.6. The van der Waals surface area contributed by atoms with Crippen LogP contribution in [0.5, 0.6) is 0 Å². The summed E-state index contributed by atoms with van der Waals surface area (Å²) in [4.78, 5) is 28.4. The Morgan fingerprint density at radius 2 is 1.79 bits per heavy atom. The minimum Gasteiger partial charge on any atom is -0.481 e. The predicted molar refractivity (Wildman–Crippen MR) is 149 cm³/mol. The summed E-state index contributed by atoms with van der Waals surface area (Å²) in [5.41, 5.74) is 0.622. The number of likely N-dealkylation sites (tertiary alicyclic amines) is 1. The van der Waals surface area contributed by atoms with Gasteiger partial charge in [0.15, 0.2) is 0 Å². The molecule has 1 saturated heterocycles. The number of hydrogen-bond acceptors (Lipinski definition) is 4. The van der Waals surface area contributed by atoms with Crippen LogP contribution in [0.1, 0.15) is 69.0 Å². The first-order chi connectivity index (χ1) is 18.0. The van der Waals surface area contributed by atoms with Gasteiger partial charge in [-0.25, -0.2) is 13.1 Å². The molecular formula is C28H34Cl2N2O5S. The maximum absolute atomic E-state index is 14.5. The van der Waals surface area contributed by atoms with Gasteiger partial charge in [0, 0.05) is 28.5 Å². The molecular weight excluding hydrogens is 547 g/mol. The van der Waals surface area contributed by atoms with E-state index in [9.17, 15) is 23.1 Å². The van der Waals surface area contributed by atoms with Crippen molar-refractivity contribution in [3.8, 4) is 0 Å². The number of piperidine rings is 1. The van der Waals surface area contributed by atoms with Crippen molar-refractivity contribution in [3.05, 3.63) is 69.7 Å². The Morgan fingerprint density at radius 3 is 2.34 bits per heavy atom. The molecule has 1 unspecified atom stereocenters. The Bertz CT molecular complexity index is 1280. The fourth-order valence-electron chi connectivity index (χ4n) is 5.81. The fraction of sp³-hybridized carbons (Fsp3) is 0.500. The summed E-state index contributed by atoms with van der Waals surface area (Å²) in [6.45, 7) is 3.50. The second-order valence-corrected chi connectivity index (χ2v) is 13.4. The normalized spacial score (nSPS) is 24.8. The lowest BCUT2D eigenvalue weighted by atomic mass is 9.64. The Labute approximate surface area is 234 Å². The summed E-state index contributed by atoms with van der Waals surface area (Å²) in [5, 5.41) is 11.0. The molecule has 0 spiro atoms. The SMILES string of the molecule is CC[C@]1(CC(=O)O)C[C@H](c2cccc(Cl)c2)[C@@H](c2ccc(Cl)cc2)N(C(CNS(=O)(=O)CC)C2CC2)C1=O. The number of rotatable bonds is 11. The van der Waals surface area contributed by atoms with Gasteiger partial charge in [0.25, 0.3) is 0 Å². The molecule has 0 aromatic heterocycles. The van der Waals surface area contributed by atoms with Crippen molar-refractivity contribution in [2.24, 2.45) is 11.3 Å². The highest BCUT2D eigenvalue weighted by Crippen LogP contribution is 2.55. The number of sulfonamides is 1. The summed E-state index contributed by atoms with van der Waals surface area (Å²) in [6, 6.07) is 13.9. The molecule has 4 rings (SSSR count). The molecule has 1 aliphatic carbocycles. The number of carboxylic acids is 1. The molecule has 1 heterocycles. The Morgan fingerprint density at radius 1 is 1.11 bits per heavy atom. The van der Waals surface area contributed by atoms with E-state index in [4.69, 9.17) is 23.2 Å². The van der Waals surface area contributed by atoms with Gasteiger partial charge in [0.2, 0.25) is 15.9 Å². The van der Waals surface area contributed by atoms with Crippen molar-refractivity contribution >= 4 is 45.1 Å². The van der Waals surface area contributed by atoms with Crippen LogP contribution in [0.2, 0.25) is 10.0 Å². The number of carbonyl (C=O) groups excluding carboxylic acids is 1. The molecule has 1 saturated carbocycles. The third-order valence-electron chi connectivity index (χ3n) is 8.05. The van der Waals surface area contributed by atoms with Crippen LogP contribution in [0, 0.1) is 11.3 Å². The highest BCUT2D eigenvalue weighted by Gasteiger charge is 2.55. The summed E-state index contributed by atoms with van der Waals surface area (Å²) >= 11 is 12.6. The number of nitrogens with zero attached hydrogens (tertiary/aromatic N) is 1. The van der Waals surface area contributed by atoms with Gasteiger partial charge in [-0.2, -0.15) is 0 Å². The fourth-order valence-corrected chi connectivity index (χ4v) is 6.76. The van der Waals surface area contributed by atoms with E-state index in [1.165, 1.54) is 0 Å². The van der Waals surface area contributed by atoms with E-state index in [-0.39, 0.29) is 36.5 Å². The number of hydrogen-bond donors (Lipinski definition) is 2. The van der Waals surface area contributed by atoms with Crippen LogP contribution < -0.4 is 4.72 Å². The molecule has 2 aromatic carbocycles. The van der Waals surface area contributed by atoms with Crippen LogP contribution in [-0.2, 0) is 19.6 Å². The topological polar surface area (TPSA) is 104 Å². The van der Waals surface area contributed by atoms with Crippen molar-refractivity contribution < 1.29 is 23.1 Å². The van der Waals surface area contributed by atoms with E-state index >= 15 is 0 Å². The van der Waals surface area contributed by atoms with Gasteiger partial charge in [0.05, 0.1) is 23.6 Å². The zero-order valence-electron chi connectivity index (χ0n) is 21.6. The molecule has 206 valence electrons. The number of amides is 1. The lowest BCUT2D eigenvalue weighted by Crippen LogP contribution is -2.59. The van der Waals surface area contributed by atoms with Gasteiger partial charge in [-0.15, -0.1) is 0 Å². The molecule has 2 aromatic rings. The monoisotopic (exact) mass is 580 g/mol. The van der Waals surface area contributed by atoms with Crippen LogP contribution in [0.4, 0.5) is 0 Å².